The van der Waals surface area contributed by atoms with Crippen LogP contribution in [0.5, 0.6) is 0 Å². The van der Waals surface area contributed by atoms with E-state index in [2.05, 4.69) is 34.1 Å². The van der Waals surface area contributed by atoms with Crippen molar-refractivity contribution in [3.8, 4) is 11.4 Å². The zero-order valence-electron chi connectivity index (χ0n) is 17.2. The monoisotopic (exact) mass is 406 g/mol. The SMILES string of the molecule is Cc1cn2cc(-c3ncc4c(=O)n([C@H]5CCNC(C)(C)C5)ccc4n3)cc(F)c2n1. The number of piperidine rings is 1. The Hall–Kier alpha value is -3.13. The van der Waals surface area contributed by atoms with E-state index in [0.29, 0.717) is 22.3 Å². The summed E-state index contributed by atoms with van der Waals surface area (Å²) in [5.41, 5.74) is 1.98. The van der Waals surface area contributed by atoms with Crippen molar-refractivity contribution in [1.29, 1.82) is 0 Å². The third-order valence-corrected chi connectivity index (χ3v) is 5.78. The summed E-state index contributed by atoms with van der Waals surface area (Å²) >= 11 is 0. The average molecular weight is 406 g/mol. The third-order valence-electron chi connectivity index (χ3n) is 5.78. The molecule has 4 aromatic rings. The fourth-order valence-electron chi connectivity index (χ4n) is 4.35. The molecule has 0 saturated carbocycles. The lowest BCUT2D eigenvalue weighted by molar-refractivity contribution is 0.229. The molecule has 0 radical (unpaired) electrons. The molecule has 1 saturated heterocycles. The number of aromatic nitrogens is 5. The Bertz CT molecular complexity index is 1340. The van der Waals surface area contributed by atoms with E-state index in [1.807, 2.05) is 19.2 Å². The third kappa shape index (κ3) is 3.17. The fraction of sp³-hybridized carbons (Fsp3) is 0.364. The molecule has 4 aromatic heterocycles. The van der Waals surface area contributed by atoms with E-state index in [9.17, 15) is 9.18 Å². The molecular formula is C22H23FN6O. The molecule has 0 aliphatic carbocycles. The Morgan fingerprint density at radius 3 is 2.90 bits per heavy atom. The van der Waals surface area contributed by atoms with Crippen molar-refractivity contribution in [2.24, 2.45) is 0 Å². The number of halogens is 1. The number of rotatable bonds is 2. The predicted molar refractivity (Wildman–Crippen MR) is 113 cm³/mol. The Labute approximate surface area is 172 Å². The first-order valence-corrected chi connectivity index (χ1v) is 10.1. The zero-order valence-corrected chi connectivity index (χ0v) is 17.2. The van der Waals surface area contributed by atoms with Crippen LogP contribution < -0.4 is 10.9 Å². The molecule has 8 heteroatoms. The van der Waals surface area contributed by atoms with Crippen LogP contribution in [0, 0.1) is 12.7 Å². The first-order chi connectivity index (χ1) is 14.3. The number of fused-ring (bicyclic) bond motifs is 2. The maximum absolute atomic E-state index is 14.4. The maximum atomic E-state index is 14.4. The van der Waals surface area contributed by atoms with Gasteiger partial charge in [0.2, 0.25) is 0 Å². The van der Waals surface area contributed by atoms with Crippen molar-refractivity contribution in [1.82, 2.24) is 29.2 Å². The van der Waals surface area contributed by atoms with Crippen LogP contribution in [0.4, 0.5) is 4.39 Å². The number of nitrogens with zero attached hydrogens (tertiary/aromatic N) is 5. The van der Waals surface area contributed by atoms with E-state index in [0.717, 1.165) is 25.1 Å². The van der Waals surface area contributed by atoms with Crippen LogP contribution in [-0.4, -0.2) is 36.0 Å². The summed E-state index contributed by atoms with van der Waals surface area (Å²) in [7, 11) is 0. The minimum absolute atomic E-state index is 0.00787. The standard InChI is InChI=1S/C22H23FN6O/c1-13-11-28-12-14(8-17(23)20(28)26-13)19-24-10-16-18(27-19)5-7-29(21(16)30)15-4-6-25-22(2,3)9-15/h5,7-8,10-12,15,25H,4,6,9H2,1-3H3/t15-/m0/s1. The van der Waals surface area contributed by atoms with Crippen LogP contribution in [0.25, 0.3) is 27.9 Å². The van der Waals surface area contributed by atoms with Crippen LogP contribution in [-0.2, 0) is 0 Å². The summed E-state index contributed by atoms with van der Waals surface area (Å²) in [6.07, 6.45) is 8.64. The lowest BCUT2D eigenvalue weighted by Gasteiger charge is -2.37. The summed E-state index contributed by atoms with van der Waals surface area (Å²) in [5, 5.41) is 3.95. The molecule has 0 unspecified atom stereocenters. The van der Waals surface area contributed by atoms with Crippen molar-refractivity contribution in [2.75, 3.05) is 6.54 Å². The van der Waals surface area contributed by atoms with Crippen LogP contribution in [0.2, 0.25) is 0 Å². The summed E-state index contributed by atoms with van der Waals surface area (Å²) in [6.45, 7) is 6.99. The van der Waals surface area contributed by atoms with Crippen molar-refractivity contribution in [3.63, 3.8) is 0 Å². The molecule has 1 aliphatic heterocycles. The lowest BCUT2D eigenvalue weighted by Crippen LogP contribution is -2.47. The maximum Gasteiger partial charge on any atom is 0.261 e. The Morgan fingerprint density at radius 1 is 1.27 bits per heavy atom. The summed E-state index contributed by atoms with van der Waals surface area (Å²) in [6, 6.07) is 3.35. The summed E-state index contributed by atoms with van der Waals surface area (Å²) in [5.74, 6) is -0.0666. The predicted octanol–water partition coefficient (Wildman–Crippen LogP) is 3.26. The van der Waals surface area contributed by atoms with Crippen LogP contribution >= 0.6 is 0 Å². The summed E-state index contributed by atoms with van der Waals surface area (Å²) in [4.78, 5) is 26.2. The van der Waals surface area contributed by atoms with Crippen molar-refractivity contribution >= 4 is 16.6 Å². The van der Waals surface area contributed by atoms with Crippen molar-refractivity contribution in [2.45, 2.75) is 45.2 Å². The van der Waals surface area contributed by atoms with Crippen LogP contribution in [0.15, 0.2) is 41.7 Å². The Balaban J connectivity index is 1.57. The second-order valence-electron chi connectivity index (χ2n) is 8.67. The van der Waals surface area contributed by atoms with Crippen LogP contribution in [0.1, 0.15) is 38.4 Å². The molecule has 1 aliphatic rings. The molecule has 154 valence electrons. The first kappa shape index (κ1) is 18.9. The van der Waals surface area contributed by atoms with Crippen molar-refractivity contribution in [3.05, 3.63) is 58.8 Å². The fourth-order valence-corrected chi connectivity index (χ4v) is 4.35. The highest BCUT2D eigenvalue weighted by Gasteiger charge is 2.29. The summed E-state index contributed by atoms with van der Waals surface area (Å²) < 4.78 is 17.9. The molecule has 1 N–H and O–H groups in total. The number of aryl methyl sites for hydroxylation is 1. The molecule has 0 aromatic carbocycles. The molecule has 7 nitrogen and oxygen atoms in total. The number of hydrogen-bond acceptors (Lipinski definition) is 5. The topological polar surface area (TPSA) is 77.1 Å². The van der Waals surface area contributed by atoms with Gasteiger partial charge in [-0.3, -0.25) is 4.79 Å². The second kappa shape index (κ2) is 6.70. The number of nitrogens with one attached hydrogen (secondary N) is 1. The largest absolute Gasteiger partial charge is 0.312 e. The van der Waals surface area contributed by atoms with E-state index in [1.165, 1.54) is 6.07 Å². The average Bonchev–Trinajstić information content (AvgIpc) is 3.08. The highest BCUT2D eigenvalue weighted by molar-refractivity contribution is 5.78. The molecule has 1 fully saturated rings. The highest BCUT2D eigenvalue weighted by Crippen LogP contribution is 2.27. The molecule has 5 rings (SSSR count). The van der Waals surface area contributed by atoms with Gasteiger partial charge >= 0.3 is 0 Å². The number of pyridine rings is 2. The van der Waals surface area contributed by atoms with E-state index >= 15 is 0 Å². The van der Waals surface area contributed by atoms with Gasteiger partial charge in [-0.25, -0.2) is 19.3 Å². The van der Waals surface area contributed by atoms with Gasteiger partial charge < -0.3 is 14.3 Å². The van der Waals surface area contributed by atoms with Gasteiger partial charge in [-0.1, -0.05) is 0 Å². The molecule has 0 bridgehead atoms. The zero-order chi connectivity index (χ0) is 21.0. The van der Waals surface area contributed by atoms with Gasteiger partial charge in [-0.15, -0.1) is 0 Å². The number of hydrogen-bond donors (Lipinski definition) is 1. The smallest absolute Gasteiger partial charge is 0.261 e. The number of imidazole rings is 1. The Morgan fingerprint density at radius 2 is 2.10 bits per heavy atom. The van der Waals surface area contributed by atoms with Gasteiger partial charge in [0.05, 0.1) is 16.6 Å². The molecule has 30 heavy (non-hydrogen) atoms. The van der Waals surface area contributed by atoms with Gasteiger partial charge in [-0.05, 0) is 52.3 Å². The van der Waals surface area contributed by atoms with E-state index in [-0.39, 0.29) is 22.8 Å². The first-order valence-electron chi connectivity index (χ1n) is 10.1. The minimum atomic E-state index is -0.437. The van der Waals surface area contributed by atoms with Gasteiger partial charge in [0.15, 0.2) is 17.3 Å². The highest BCUT2D eigenvalue weighted by atomic mass is 19.1. The van der Waals surface area contributed by atoms with E-state index in [1.54, 1.807) is 27.6 Å². The molecule has 5 heterocycles. The molecule has 1 atom stereocenters. The molecule has 0 amide bonds. The van der Waals surface area contributed by atoms with E-state index in [4.69, 9.17) is 0 Å². The van der Waals surface area contributed by atoms with Crippen molar-refractivity contribution < 1.29 is 4.39 Å². The van der Waals surface area contributed by atoms with Crippen LogP contribution in [0.3, 0.4) is 0 Å². The molecule has 0 spiro atoms. The second-order valence-corrected chi connectivity index (χ2v) is 8.67. The van der Waals surface area contributed by atoms with Gasteiger partial charge in [0.25, 0.3) is 5.56 Å². The normalized spacial score (nSPS) is 18.9. The lowest BCUT2D eigenvalue weighted by atomic mass is 9.89. The Kier molecular flexibility index (Phi) is 4.21. The van der Waals surface area contributed by atoms with Gasteiger partial charge in [0.1, 0.15) is 0 Å². The van der Waals surface area contributed by atoms with E-state index < -0.39 is 5.82 Å². The quantitative estimate of drug-likeness (QED) is 0.553. The van der Waals surface area contributed by atoms with Gasteiger partial charge in [0, 0.05) is 41.9 Å². The minimum Gasteiger partial charge on any atom is -0.312 e. The van der Waals surface area contributed by atoms with Gasteiger partial charge in [-0.2, -0.15) is 0 Å². The molecular weight excluding hydrogens is 383 g/mol.